The van der Waals surface area contributed by atoms with E-state index in [-0.39, 0.29) is 5.82 Å². The molecular weight excluding hydrogens is 399 g/mol. The minimum absolute atomic E-state index is 0.258. The zero-order chi connectivity index (χ0) is 20.9. The maximum atomic E-state index is 13.3. The van der Waals surface area contributed by atoms with Crippen LogP contribution in [0.25, 0.3) is 0 Å². The van der Waals surface area contributed by atoms with Gasteiger partial charge in [-0.2, -0.15) is 10.2 Å². The van der Waals surface area contributed by atoms with E-state index in [1.807, 2.05) is 41.3 Å². The first-order valence-corrected chi connectivity index (χ1v) is 9.89. The predicted molar refractivity (Wildman–Crippen MR) is 120 cm³/mol. The SMILES string of the molecule is Cc1ccccc1Cn1cc(NC(=S)Nc2ccn(Cc3cccc(F)c3)n2)cn1. The largest absolute Gasteiger partial charge is 0.330 e. The molecule has 0 amide bonds. The van der Waals surface area contributed by atoms with Crippen LogP contribution in [0.5, 0.6) is 0 Å². The van der Waals surface area contributed by atoms with Gasteiger partial charge in [0.1, 0.15) is 5.82 Å². The highest BCUT2D eigenvalue weighted by Gasteiger charge is 2.06. The highest BCUT2D eigenvalue weighted by molar-refractivity contribution is 7.80. The Morgan fingerprint density at radius 2 is 1.90 bits per heavy atom. The molecule has 2 aromatic carbocycles. The van der Waals surface area contributed by atoms with E-state index >= 15 is 0 Å². The molecule has 6 nitrogen and oxygen atoms in total. The molecule has 0 spiro atoms. The quantitative estimate of drug-likeness (QED) is 0.452. The fraction of sp³-hybridized carbons (Fsp3) is 0.136. The molecule has 0 aliphatic rings. The number of nitrogens with zero attached hydrogens (tertiary/aromatic N) is 4. The van der Waals surface area contributed by atoms with E-state index in [1.54, 1.807) is 16.9 Å². The van der Waals surface area contributed by atoms with Gasteiger partial charge in [-0.3, -0.25) is 9.36 Å². The van der Waals surface area contributed by atoms with Gasteiger partial charge in [-0.05, 0) is 48.0 Å². The number of aromatic nitrogens is 4. The van der Waals surface area contributed by atoms with Crippen LogP contribution in [0.1, 0.15) is 16.7 Å². The topological polar surface area (TPSA) is 59.7 Å². The lowest BCUT2D eigenvalue weighted by atomic mass is 10.1. The van der Waals surface area contributed by atoms with Gasteiger partial charge in [0.25, 0.3) is 0 Å². The van der Waals surface area contributed by atoms with E-state index < -0.39 is 0 Å². The Morgan fingerprint density at radius 1 is 1.03 bits per heavy atom. The molecule has 0 saturated carbocycles. The zero-order valence-electron chi connectivity index (χ0n) is 16.4. The average molecular weight is 421 g/mol. The maximum absolute atomic E-state index is 13.3. The van der Waals surface area contributed by atoms with E-state index in [1.165, 1.54) is 23.3 Å². The predicted octanol–water partition coefficient (Wildman–Crippen LogP) is 4.43. The molecule has 0 radical (unpaired) electrons. The van der Waals surface area contributed by atoms with Crippen molar-refractivity contribution in [3.8, 4) is 0 Å². The summed E-state index contributed by atoms with van der Waals surface area (Å²) in [5.74, 6) is 0.350. The number of thiocarbonyl (C=S) groups is 1. The maximum Gasteiger partial charge on any atom is 0.176 e. The molecular formula is C22H21FN6S. The van der Waals surface area contributed by atoms with Crippen molar-refractivity contribution in [1.29, 1.82) is 0 Å². The van der Waals surface area contributed by atoms with Crippen LogP contribution >= 0.6 is 12.2 Å². The molecule has 0 fully saturated rings. The van der Waals surface area contributed by atoms with Gasteiger partial charge in [0.15, 0.2) is 10.9 Å². The zero-order valence-corrected chi connectivity index (χ0v) is 17.2. The Balaban J connectivity index is 1.32. The molecule has 2 aromatic heterocycles. The first kappa shape index (κ1) is 19.8. The Hall–Kier alpha value is -3.52. The molecule has 0 atom stereocenters. The summed E-state index contributed by atoms with van der Waals surface area (Å²) in [6, 6.07) is 16.5. The summed E-state index contributed by atoms with van der Waals surface area (Å²) >= 11 is 5.38. The molecule has 0 unspecified atom stereocenters. The Kier molecular flexibility index (Phi) is 5.85. The molecule has 0 saturated heterocycles. The van der Waals surface area contributed by atoms with Gasteiger partial charge in [-0.15, -0.1) is 0 Å². The van der Waals surface area contributed by atoms with Crippen LogP contribution < -0.4 is 10.6 Å². The van der Waals surface area contributed by atoms with E-state index in [2.05, 4.69) is 39.9 Å². The second-order valence-corrected chi connectivity index (χ2v) is 7.37. The highest BCUT2D eigenvalue weighted by atomic mass is 32.1. The lowest BCUT2D eigenvalue weighted by molar-refractivity contribution is 0.619. The summed E-state index contributed by atoms with van der Waals surface area (Å²) < 4.78 is 16.9. The first-order valence-electron chi connectivity index (χ1n) is 9.48. The van der Waals surface area contributed by atoms with Gasteiger partial charge in [-0.1, -0.05) is 36.4 Å². The summed E-state index contributed by atoms with van der Waals surface area (Å²) in [5.41, 5.74) is 4.08. The number of nitrogens with one attached hydrogen (secondary N) is 2. The highest BCUT2D eigenvalue weighted by Crippen LogP contribution is 2.13. The van der Waals surface area contributed by atoms with Crippen molar-refractivity contribution in [2.24, 2.45) is 0 Å². The molecule has 4 rings (SSSR count). The lowest BCUT2D eigenvalue weighted by Crippen LogP contribution is -2.19. The molecule has 2 N–H and O–H groups in total. The molecule has 30 heavy (non-hydrogen) atoms. The summed E-state index contributed by atoms with van der Waals surface area (Å²) in [7, 11) is 0. The van der Waals surface area contributed by atoms with Crippen molar-refractivity contribution >= 4 is 28.8 Å². The van der Waals surface area contributed by atoms with Crippen molar-refractivity contribution in [2.45, 2.75) is 20.0 Å². The molecule has 8 heteroatoms. The van der Waals surface area contributed by atoms with Crippen LogP contribution in [-0.4, -0.2) is 24.7 Å². The van der Waals surface area contributed by atoms with Gasteiger partial charge < -0.3 is 10.6 Å². The number of rotatable bonds is 6. The average Bonchev–Trinajstić information content (AvgIpc) is 3.33. The second-order valence-electron chi connectivity index (χ2n) is 6.96. The van der Waals surface area contributed by atoms with Crippen molar-refractivity contribution in [3.05, 3.63) is 95.7 Å². The van der Waals surface area contributed by atoms with E-state index in [4.69, 9.17) is 12.2 Å². The van der Waals surface area contributed by atoms with Crippen LogP contribution in [0.4, 0.5) is 15.9 Å². The number of hydrogen-bond acceptors (Lipinski definition) is 3. The van der Waals surface area contributed by atoms with Gasteiger partial charge >= 0.3 is 0 Å². The molecule has 4 aromatic rings. The van der Waals surface area contributed by atoms with Crippen molar-refractivity contribution in [3.63, 3.8) is 0 Å². The minimum atomic E-state index is -0.258. The van der Waals surface area contributed by atoms with Crippen LogP contribution in [0.15, 0.2) is 73.2 Å². The molecule has 0 aliphatic carbocycles. The number of benzene rings is 2. The van der Waals surface area contributed by atoms with Crippen LogP contribution in [0, 0.1) is 12.7 Å². The molecule has 2 heterocycles. The minimum Gasteiger partial charge on any atom is -0.330 e. The van der Waals surface area contributed by atoms with Crippen molar-refractivity contribution in [1.82, 2.24) is 19.6 Å². The number of anilines is 2. The van der Waals surface area contributed by atoms with Crippen molar-refractivity contribution in [2.75, 3.05) is 10.6 Å². The summed E-state index contributed by atoms with van der Waals surface area (Å²) in [6.07, 6.45) is 5.45. The Morgan fingerprint density at radius 3 is 2.73 bits per heavy atom. The molecule has 152 valence electrons. The summed E-state index contributed by atoms with van der Waals surface area (Å²) in [5, 5.41) is 15.4. The van der Waals surface area contributed by atoms with Crippen LogP contribution in [0.3, 0.4) is 0 Å². The fourth-order valence-electron chi connectivity index (χ4n) is 3.09. The second kappa shape index (κ2) is 8.87. The van der Waals surface area contributed by atoms with E-state index in [9.17, 15) is 4.39 Å². The van der Waals surface area contributed by atoms with Crippen LogP contribution in [0.2, 0.25) is 0 Å². The fourth-order valence-corrected chi connectivity index (χ4v) is 3.32. The first-order chi connectivity index (χ1) is 14.5. The van der Waals surface area contributed by atoms with Gasteiger partial charge in [-0.25, -0.2) is 4.39 Å². The van der Waals surface area contributed by atoms with Crippen molar-refractivity contribution < 1.29 is 4.39 Å². The number of aryl methyl sites for hydroxylation is 1. The Bertz CT molecular complexity index is 1170. The molecule has 0 bridgehead atoms. The van der Waals surface area contributed by atoms with Crippen LogP contribution in [-0.2, 0) is 13.1 Å². The smallest absolute Gasteiger partial charge is 0.176 e. The van der Waals surface area contributed by atoms with Gasteiger partial charge in [0, 0.05) is 18.5 Å². The molecule has 0 aliphatic heterocycles. The van der Waals surface area contributed by atoms with Gasteiger partial charge in [0.05, 0.1) is 25.0 Å². The van der Waals surface area contributed by atoms with E-state index in [0.29, 0.717) is 24.0 Å². The summed E-state index contributed by atoms with van der Waals surface area (Å²) in [4.78, 5) is 0. The normalized spacial score (nSPS) is 10.7. The van der Waals surface area contributed by atoms with E-state index in [0.717, 1.165) is 11.3 Å². The standard InChI is InChI=1S/C22H21FN6S/c1-16-5-2-3-7-18(16)14-29-15-20(12-24-29)25-22(30)26-21-9-10-28(27-21)13-17-6-4-8-19(23)11-17/h2-12,15H,13-14H2,1H3,(H2,25,26,27,30). The third-order valence-corrected chi connectivity index (χ3v) is 4.80. The van der Waals surface area contributed by atoms with Gasteiger partial charge in [0.2, 0.25) is 0 Å². The lowest BCUT2D eigenvalue weighted by Gasteiger charge is -2.07. The Labute approximate surface area is 179 Å². The monoisotopic (exact) mass is 420 g/mol. The number of halogens is 1. The third-order valence-electron chi connectivity index (χ3n) is 4.60. The number of hydrogen-bond donors (Lipinski definition) is 2. The summed E-state index contributed by atoms with van der Waals surface area (Å²) in [6.45, 7) is 3.26. The third kappa shape index (κ3) is 5.09.